The van der Waals surface area contributed by atoms with E-state index < -0.39 is 0 Å². The molecular weight excluding hydrogens is 194 g/mol. The Morgan fingerprint density at radius 1 is 1.47 bits per heavy atom. The van der Waals surface area contributed by atoms with Crippen LogP contribution in [0.4, 0.5) is 6.01 Å². The van der Waals surface area contributed by atoms with Crippen molar-refractivity contribution in [3.8, 4) is 0 Å². The Bertz CT molecular complexity index is 353. The second kappa shape index (κ2) is 3.90. The van der Waals surface area contributed by atoms with E-state index in [-0.39, 0.29) is 5.84 Å². The van der Waals surface area contributed by atoms with Crippen LogP contribution in [0.5, 0.6) is 0 Å². The van der Waals surface area contributed by atoms with Crippen LogP contribution in [0.2, 0.25) is 0 Å². The van der Waals surface area contributed by atoms with Crippen LogP contribution >= 0.6 is 0 Å². The molecule has 0 atom stereocenters. The zero-order chi connectivity index (χ0) is 10.8. The minimum absolute atomic E-state index is 0.0564. The van der Waals surface area contributed by atoms with Crippen LogP contribution in [-0.2, 0) is 0 Å². The summed E-state index contributed by atoms with van der Waals surface area (Å²) in [6.45, 7) is 3.79. The first kappa shape index (κ1) is 9.97. The average molecular weight is 209 g/mol. The maximum atomic E-state index is 7.22. The molecule has 1 aromatic heterocycles. The van der Waals surface area contributed by atoms with Gasteiger partial charge in [-0.05, 0) is 7.05 Å². The number of nitrogens with zero attached hydrogens (tertiary/aromatic N) is 3. The van der Waals surface area contributed by atoms with Crippen LogP contribution in [0.25, 0.3) is 0 Å². The number of hydrogen-bond donors (Lipinski definition) is 2. The lowest BCUT2D eigenvalue weighted by molar-refractivity contribution is 0.305. The third kappa shape index (κ3) is 2.10. The number of hydrogen-bond acceptors (Lipinski definition) is 5. The van der Waals surface area contributed by atoms with Gasteiger partial charge in [0, 0.05) is 26.2 Å². The summed E-state index contributed by atoms with van der Waals surface area (Å²) < 4.78 is 5.28. The van der Waals surface area contributed by atoms with E-state index >= 15 is 0 Å². The van der Waals surface area contributed by atoms with Gasteiger partial charge in [-0.25, -0.2) is 0 Å². The van der Waals surface area contributed by atoms with Gasteiger partial charge in [0.05, 0.1) is 0 Å². The summed E-state index contributed by atoms with van der Waals surface area (Å²) >= 11 is 0. The monoisotopic (exact) mass is 209 g/mol. The number of nitrogens with one attached hydrogen (secondary N) is 1. The lowest BCUT2D eigenvalue weighted by Crippen LogP contribution is -2.44. The van der Waals surface area contributed by atoms with Crippen molar-refractivity contribution < 1.29 is 4.42 Å². The second-order valence-corrected chi connectivity index (χ2v) is 3.72. The molecule has 15 heavy (non-hydrogen) atoms. The Morgan fingerprint density at radius 2 is 2.13 bits per heavy atom. The minimum atomic E-state index is -0.0564. The summed E-state index contributed by atoms with van der Waals surface area (Å²) in [5, 5.41) is 7.22. The fourth-order valence-electron chi connectivity index (χ4n) is 1.53. The highest BCUT2D eigenvalue weighted by Crippen LogP contribution is 2.14. The van der Waals surface area contributed by atoms with E-state index in [0.29, 0.717) is 11.7 Å². The van der Waals surface area contributed by atoms with Crippen LogP contribution in [0.3, 0.4) is 0 Å². The first-order valence-corrected chi connectivity index (χ1v) is 4.90. The number of amidine groups is 1. The number of rotatable bonds is 2. The van der Waals surface area contributed by atoms with Gasteiger partial charge < -0.3 is 20.0 Å². The van der Waals surface area contributed by atoms with Gasteiger partial charge in [-0.1, -0.05) is 0 Å². The number of likely N-dealkylation sites (N-methyl/N-ethyl adjacent to an activating group) is 1. The fraction of sp³-hybridized carbons (Fsp3) is 0.556. The number of nitrogen functional groups attached to an aromatic ring is 1. The van der Waals surface area contributed by atoms with E-state index in [2.05, 4.69) is 21.8 Å². The zero-order valence-corrected chi connectivity index (χ0v) is 8.73. The van der Waals surface area contributed by atoms with Crippen molar-refractivity contribution >= 4 is 11.9 Å². The molecule has 6 heteroatoms. The number of anilines is 1. The van der Waals surface area contributed by atoms with Crippen molar-refractivity contribution in [2.75, 3.05) is 38.1 Å². The van der Waals surface area contributed by atoms with Crippen LogP contribution in [0.15, 0.2) is 10.7 Å². The van der Waals surface area contributed by atoms with Gasteiger partial charge in [0.1, 0.15) is 17.8 Å². The number of oxazole rings is 1. The van der Waals surface area contributed by atoms with Crippen LogP contribution in [-0.4, -0.2) is 48.9 Å². The van der Waals surface area contributed by atoms with Gasteiger partial charge in [0.25, 0.3) is 6.01 Å². The normalized spacial score (nSPS) is 18.1. The molecule has 1 aliphatic heterocycles. The third-order valence-electron chi connectivity index (χ3n) is 2.54. The molecule has 0 aromatic carbocycles. The molecule has 2 rings (SSSR count). The average Bonchev–Trinajstić information content (AvgIpc) is 2.68. The molecule has 0 unspecified atom stereocenters. The molecule has 0 spiro atoms. The largest absolute Gasteiger partial charge is 0.431 e. The van der Waals surface area contributed by atoms with Gasteiger partial charge in [0.2, 0.25) is 0 Å². The highest BCUT2D eigenvalue weighted by atomic mass is 16.4. The first-order chi connectivity index (χ1) is 7.16. The maximum Gasteiger partial charge on any atom is 0.297 e. The smallest absolute Gasteiger partial charge is 0.297 e. The van der Waals surface area contributed by atoms with Gasteiger partial charge >= 0.3 is 0 Å². The SMILES string of the molecule is CN1CCN(c2nc(C(=N)N)co2)CC1. The molecule has 2 heterocycles. The zero-order valence-electron chi connectivity index (χ0n) is 8.73. The highest BCUT2D eigenvalue weighted by molar-refractivity contribution is 5.92. The molecule has 6 nitrogen and oxygen atoms in total. The molecule has 3 N–H and O–H groups in total. The lowest BCUT2D eigenvalue weighted by Gasteiger charge is -2.31. The Morgan fingerprint density at radius 3 is 2.67 bits per heavy atom. The van der Waals surface area contributed by atoms with Crippen molar-refractivity contribution in [3.63, 3.8) is 0 Å². The molecule has 1 saturated heterocycles. The molecule has 0 aliphatic carbocycles. The second-order valence-electron chi connectivity index (χ2n) is 3.72. The number of aromatic nitrogens is 1. The van der Waals surface area contributed by atoms with Gasteiger partial charge in [0.15, 0.2) is 0 Å². The number of piperazine rings is 1. The standard InChI is InChI=1S/C9H15N5O/c1-13-2-4-14(5-3-13)9-12-7(6-15-9)8(10)11/h6H,2-5H2,1H3,(H3,10,11). The first-order valence-electron chi connectivity index (χ1n) is 4.90. The quantitative estimate of drug-likeness (QED) is 0.516. The molecule has 0 radical (unpaired) electrons. The van der Waals surface area contributed by atoms with E-state index in [4.69, 9.17) is 15.6 Å². The Labute approximate surface area is 88.2 Å². The van der Waals surface area contributed by atoms with Gasteiger partial charge in [-0.2, -0.15) is 4.98 Å². The summed E-state index contributed by atoms with van der Waals surface area (Å²) in [6.07, 6.45) is 1.43. The van der Waals surface area contributed by atoms with Crippen LogP contribution in [0.1, 0.15) is 5.69 Å². The van der Waals surface area contributed by atoms with E-state index in [1.807, 2.05) is 0 Å². The Kier molecular flexibility index (Phi) is 2.59. The molecule has 1 aliphatic rings. The third-order valence-corrected chi connectivity index (χ3v) is 2.54. The molecule has 0 amide bonds. The topological polar surface area (TPSA) is 82.4 Å². The van der Waals surface area contributed by atoms with Crippen molar-refractivity contribution in [1.82, 2.24) is 9.88 Å². The predicted molar refractivity (Wildman–Crippen MR) is 57.2 cm³/mol. The minimum Gasteiger partial charge on any atom is -0.431 e. The van der Waals surface area contributed by atoms with E-state index in [1.54, 1.807) is 0 Å². The molecular formula is C9H15N5O. The predicted octanol–water partition coefficient (Wildman–Crippen LogP) is -0.290. The summed E-state index contributed by atoms with van der Waals surface area (Å²) in [5.74, 6) is -0.0564. The summed E-state index contributed by atoms with van der Waals surface area (Å²) in [6, 6.07) is 0.563. The Hall–Kier alpha value is -1.56. The Balaban J connectivity index is 2.06. The van der Waals surface area contributed by atoms with E-state index in [0.717, 1.165) is 26.2 Å². The summed E-state index contributed by atoms with van der Waals surface area (Å²) in [5.41, 5.74) is 5.72. The maximum absolute atomic E-state index is 7.22. The van der Waals surface area contributed by atoms with Crippen molar-refractivity contribution in [2.24, 2.45) is 5.73 Å². The van der Waals surface area contributed by atoms with Gasteiger partial charge in [-0.15, -0.1) is 0 Å². The van der Waals surface area contributed by atoms with E-state index in [1.165, 1.54) is 6.26 Å². The van der Waals surface area contributed by atoms with Crippen molar-refractivity contribution in [2.45, 2.75) is 0 Å². The number of nitrogens with two attached hydrogens (primary N) is 1. The highest BCUT2D eigenvalue weighted by Gasteiger charge is 2.18. The fourth-order valence-corrected chi connectivity index (χ4v) is 1.53. The van der Waals surface area contributed by atoms with Gasteiger partial charge in [-0.3, -0.25) is 5.41 Å². The molecule has 82 valence electrons. The molecule has 0 saturated carbocycles. The molecule has 1 aromatic rings. The summed E-state index contributed by atoms with van der Waals surface area (Å²) in [4.78, 5) is 8.47. The molecule has 0 bridgehead atoms. The molecule has 1 fully saturated rings. The lowest BCUT2D eigenvalue weighted by atomic mass is 10.3. The summed E-state index contributed by atoms with van der Waals surface area (Å²) in [7, 11) is 2.09. The van der Waals surface area contributed by atoms with Crippen LogP contribution < -0.4 is 10.6 Å². The van der Waals surface area contributed by atoms with Crippen molar-refractivity contribution in [1.29, 1.82) is 5.41 Å². The van der Waals surface area contributed by atoms with Crippen molar-refractivity contribution in [3.05, 3.63) is 12.0 Å². The van der Waals surface area contributed by atoms with Crippen LogP contribution in [0, 0.1) is 5.41 Å². The van der Waals surface area contributed by atoms with E-state index in [9.17, 15) is 0 Å².